The van der Waals surface area contributed by atoms with Crippen molar-refractivity contribution < 1.29 is 14.3 Å². The van der Waals surface area contributed by atoms with Gasteiger partial charge in [0.05, 0.1) is 13.7 Å². The molecule has 0 spiro atoms. The predicted octanol–water partition coefficient (Wildman–Crippen LogP) is 5.25. The zero-order chi connectivity index (χ0) is 16.2. The molecule has 1 aromatic rings. The average Bonchev–Trinajstić information content (AvgIpc) is 2.53. The third-order valence-electron chi connectivity index (χ3n) is 3.53. The highest BCUT2D eigenvalue weighted by atomic mass is 16.5. The molecule has 1 rings (SSSR count). The molecule has 0 heterocycles. The van der Waals surface area contributed by atoms with Crippen LogP contribution in [0.1, 0.15) is 68.3 Å². The van der Waals surface area contributed by atoms with Gasteiger partial charge in [-0.2, -0.15) is 0 Å². The van der Waals surface area contributed by atoms with E-state index < -0.39 is 0 Å². The van der Waals surface area contributed by atoms with Crippen LogP contribution in [-0.2, 0) is 4.74 Å². The molecule has 0 aliphatic carbocycles. The van der Waals surface area contributed by atoms with Crippen molar-refractivity contribution in [1.29, 1.82) is 0 Å². The van der Waals surface area contributed by atoms with Gasteiger partial charge in [0.1, 0.15) is 11.3 Å². The summed E-state index contributed by atoms with van der Waals surface area (Å²) in [5.41, 5.74) is 1.36. The molecule has 0 amide bonds. The molecule has 0 radical (unpaired) electrons. The normalized spacial score (nSPS) is 10.9. The number of ether oxygens (including phenoxy) is 2. The van der Waals surface area contributed by atoms with Crippen molar-refractivity contribution in [2.45, 2.75) is 52.4 Å². The molecule has 0 bridgehead atoms. The minimum atomic E-state index is -0.331. The van der Waals surface area contributed by atoms with Crippen LogP contribution in [0.25, 0.3) is 6.08 Å². The molecule has 0 atom stereocenters. The van der Waals surface area contributed by atoms with E-state index in [1.54, 1.807) is 20.1 Å². The summed E-state index contributed by atoms with van der Waals surface area (Å²) in [6.45, 7) is 4.39. The number of hydrogen-bond donors (Lipinski definition) is 0. The van der Waals surface area contributed by atoms with E-state index in [-0.39, 0.29) is 5.97 Å². The summed E-state index contributed by atoms with van der Waals surface area (Å²) in [5, 5.41) is 0. The molecule has 1 aromatic carbocycles. The zero-order valence-corrected chi connectivity index (χ0v) is 14.1. The molecule has 22 heavy (non-hydrogen) atoms. The number of methoxy groups -OCH3 is 1. The van der Waals surface area contributed by atoms with Gasteiger partial charge in [-0.1, -0.05) is 56.9 Å². The summed E-state index contributed by atoms with van der Waals surface area (Å²) < 4.78 is 10.4. The van der Waals surface area contributed by atoms with Gasteiger partial charge in [0.25, 0.3) is 0 Å². The standard InChI is InChI=1S/C19H28O3/c1-4-6-7-8-9-10-11-13-16-14-12-15-17(21-3)18(16)19(20)22-5-2/h11-15H,4-10H2,1-3H3. The van der Waals surface area contributed by atoms with E-state index in [1.165, 1.54) is 32.1 Å². The van der Waals surface area contributed by atoms with Crippen molar-refractivity contribution in [2.75, 3.05) is 13.7 Å². The van der Waals surface area contributed by atoms with E-state index in [0.717, 1.165) is 12.0 Å². The molecule has 0 unspecified atom stereocenters. The first-order valence-corrected chi connectivity index (χ1v) is 8.25. The highest BCUT2D eigenvalue weighted by molar-refractivity contribution is 5.96. The number of carbonyl (C=O) groups is 1. The van der Waals surface area contributed by atoms with Crippen LogP contribution in [0.4, 0.5) is 0 Å². The molecule has 122 valence electrons. The number of hydrogen-bond acceptors (Lipinski definition) is 3. The monoisotopic (exact) mass is 304 g/mol. The number of carbonyl (C=O) groups excluding carboxylic acids is 1. The summed E-state index contributed by atoms with van der Waals surface area (Å²) >= 11 is 0. The smallest absolute Gasteiger partial charge is 0.342 e. The van der Waals surface area contributed by atoms with E-state index >= 15 is 0 Å². The van der Waals surface area contributed by atoms with E-state index in [4.69, 9.17) is 9.47 Å². The summed E-state index contributed by atoms with van der Waals surface area (Å²) in [5.74, 6) is 0.228. The Morgan fingerprint density at radius 1 is 1.14 bits per heavy atom. The van der Waals surface area contributed by atoms with Gasteiger partial charge in [0.2, 0.25) is 0 Å². The number of benzene rings is 1. The van der Waals surface area contributed by atoms with Gasteiger partial charge >= 0.3 is 5.97 Å². The Hall–Kier alpha value is -1.77. The number of unbranched alkanes of at least 4 members (excludes halogenated alkanes) is 5. The number of allylic oxidation sites excluding steroid dienone is 1. The van der Waals surface area contributed by atoms with Crippen molar-refractivity contribution in [1.82, 2.24) is 0 Å². The number of rotatable bonds is 10. The minimum absolute atomic E-state index is 0.331. The quantitative estimate of drug-likeness (QED) is 0.437. The molecule has 0 aliphatic rings. The first-order valence-electron chi connectivity index (χ1n) is 8.25. The molecule has 0 N–H and O–H groups in total. The van der Waals surface area contributed by atoms with E-state index in [0.29, 0.717) is 17.9 Å². The summed E-state index contributed by atoms with van der Waals surface area (Å²) in [7, 11) is 1.57. The van der Waals surface area contributed by atoms with Crippen LogP contribution in [0.15, 0.2) is 24.3 Å². The van der Waals surface area contributed by atoms with Crippen LogP contribution in [0, 0.1) is 0 Å². The lowest BCUT2D eigenvalue weighted by atomic mass is 10.0. The molecule has 0 fully saturated rings. The second kappa shape index (κ2) is 10.9. The molecule has 0 aliphatic heterocycles. The lowest BCUT2D eigenvalue weighted by Crippen LogP contribution is -2.08. The van der Waals surface area contributed by atoms with Gasteiger partial charge in [-0.25, -0.2) is 4.79 Å². The first kappa shape index (κ1) is 18.3. The SMILES string of the molecule is CCCCCCCC=Cc1cccc(OC)c1C(=O)OCC. The van der Waals surface area contributed by atoms with E-state index in [1.807, 2.05) is 18.2 Å². The summed E-state index contributed by atoms with van der Waals surface area (Å²) in [6, 6.07) is 5.60. The molecule has 0 aromatic heterocycles. The topological polar surface area (TPSA) is 35.5 Å². The Labute approximate surface area is 134 Å². The second-order valence-corrected chi connectivity index (χ2v) is 5.25. The summed E-state index contributed by atoms with van der Waals surface area (Å²) in [4.78, 5) is 12.1. The Kier molecular flexibility index (Phi) is 9.04. The third kappa shape index (κ3) is 5.92. The zero-order valence-electron chi connectivity index (χ0n) is 14.1. The van der Waals surface area contributed by atoms with Crippen molar-refractivity contribution in [3.8, 4) is 5.75 Å². The first-order chi connectivity index (χ1) is 10.7. The van der Waals surface area contributed by atoms with E-state index in [9.17, 15) is 4.79 Å². The van der Waals surface area contributed by atoms with Crippen LogP contribution >= 0.6 is 0 Å². The second-order valence-electron chi connectivity index (χ2n) is 5.25. The lowest BCUT2D eigenvalue weighted by molar-refractivity contribution is 0.0522. The van der Waals surface area contributed by atoms with Gasteiger partial charge in [-0.3, -0.25) is 0 Å². The molecule has 3 nitrogen and oxygen atoms in total. The lowest BCUT2D eigenvalue weighted by Gasteiger charge is -2.10. The van der Waals surface area contributed by atoms with Crippen molar-refractivity contribution in [3.63, 3.8) is 0 Å². The highest BCUT2D eigenvalue weighted by Crippen LogP contribution is 2.24. The van der Waals surface area contributed by atoms with Gasteiger partial charge in [0, 0.05) is 0 Å². The summed E-state index contributed by atoms with van der Waals surface area (Å²) in [6.07, 6.45) is 11.5. The van der Waals surface area contributed by atoms with Crippen LogP contribution in [0.2, 0.25) is 0 Å². The van der Waals surface area contributed by atoms with Crippen molar-refractivity contribution in [3.05, 3.63) is 35.4 Å². The Morgan fingerprint density at radius 2 is 1.91 bits per heavy atom. The molecular weight excluding hydrogens is 276 g/mol. The highest BCUT2D eigenvalue weighted by Gasteiger charge is 2.16. The van der Waals surface area contributed by atoms with E-state index in [2.05, 4.69) is 13.0 Å². The maximum Gasteiger partial charge on any atom is 0.342 e. The van der Waals surface area contributed by atoms with Gasteiger partial charge in [0.15, 0.2) is 0 Å². The van der Waals surface area contributed by atoms with Gasteiger partial charge < -0.3 is 9.47 Å². The fraction of sp³-hybridized carbons (Fsp3) is 0.526. The van der Waals surface area contributed by atoms with Gasteiger partial charge in [-0.15, -0.1) is 0 Å². The van der Waals surface area contributed by atoms with Crippen LogP contribution < -0.4 is 4.74 Å². The third-order valence-corrected chi connectivity index (χ3v) is 3.53. The molecule has 0 saturated heterocycles. The number of esters is 1. The predicted molar refractivity (Wildman–Crippen MR) is 91.4 cm³/mol. The fourth-order valence-corrected chi connectivity index (χ4v) is 2.35. The Bertz CT molecular complexity index is 478. The minimum Gasteiger partial charge on any atom is -0.496 e. The van der Waals surface area contributed by atoms with Crippen LogP contribution in [0.3, 0.4) is 0 Å². The molecule has 0 saturated carbocycles. The largest absolute Gasteiger partial charge is 0.496 e. The Balaban J connectivity index is 2.70. The maximum absolute atomic E-state index is 12.1. The van der Waals surface area contributed by atoms with Crippen molar-refractivity contribution >= 4 is 12.0 Å². The molecular formula is C19H28O3. The van der Waals surface area contributed by atoms with Crippen LogP contribution in [-0.4, -0.2) is 19.7 Å². The van der Waals surface area contributed by atoms with Crippen molar-refractivity contribution in [2.24, 2.45) is 0 Å². The molecule has 3 heteroatoms. The van der Waals surface area contributed by atoms with Gasteiger partial charge in [-0.05, 0) is 31.4 Å². The van der Waals surface area contributed by atoms with Crippen LogP contribution in [0.5, 0.6) is 5.75 Å². The Morgan fingerprint density at radius 3 is 2.59 bits per heavy atom. The fourth-order valence-electron chi connectivity index (χ4n) is 2.35. The maximum atomic E-state index is 12.1. The average molecular weight is 304 g/mol.